The highest BCUT2D eigenvalue weighted by Gasteiger charge is 2.28. The second-order valence-electron chi connectivity index (χ2n) is 5.91. The molecule has 0 bridgehead atoms. The summed E-state index contributed by atoms with van der Waals surface area (Å²) in [6.45, 7) is 2.58. The lowest BCUT2D eigenvalue weighted by Gasteiger charge is -2.36. The number of nitrogens with zero attached hydrogens (tertiary/aromatic N) is 1. The van der Waals surface area contributed by atoms with Gasteiger partial charge in [-0.25, -0.2) is 8.78 Å². The van der Waals surface area contributed by atoms with Crippen molar-refractivity contribution in [2.24, 2.45) is 0 Å². The third-order valence-electron chi connectivity index (χ3n) is 4.29. The third kappa shape index (κ3) is 3.50. The second-order valence-corrected chi connectivity index (χ2v) is 5.91. The van der Waals surface area contributed by atoms with Crippen molar-refractivity contribution < 1.29 is 18.0 Å². The summed E-state index contributed by atoms with van der Waals surface area (Å²) in [5, 5.41) is 1.68. The van der Waals surface area contributed by atoms with Crippen molar-refractivity contribution in [1.29, 1.82) is 0 Å². The van der Waals surface area contributed by atoms with Crippen LogP contribution in [0.15, 0.2) is 42.5 Å². The summed E-state index contributed by atoms with van der Waals surface area (Å²) in [5.74, 6) is -1.93. The molecule has 2 nitrogen and oxygen atoms in total. The van der Waals surface area contributed by atoms with E-state index in [1.807, 2.05) is 6.92 Å². The van der Waals surface area contributed by atoms with Crippen LogP contribution >= 0.6 is 0 Å². The molecule has 0 radical (unpaired) electrons. The maximum Gasteiger partial charge on any atom is 0.203 e. The zero-order valence-corrected chi connectivity index (χ0v) is 12.8. The Kier molecular flexibility index (Phi) is 4.57. The van der Waals surface area contributed by atoms with Crippen molar-refractivity contribution in [3.8, 4) is 5.75 Å². The first-order valence-corrected chi connectivity index (χ1v) is 7.68. The molecule has 0 saturated carbocycles. The van der Waals surface area contributed by atoms with Crippen LogP contribution in [0.5, 0.6) is 5.75 Å². The minimum absolute atomic E-state index is 0.0430. The van der Waals surface area contributed by atoms with Gasteiger partial charge in [-0.15, -0.1) is 5.06 Å². The average Bonchev–Trinajstić information content (AvgIpc) is 2.54. The Morgan fingerprint density at radius 1 is 1.04 bits per heavy atom. The Bertz CT molecular complexity index is 674. The molecule has 0 aliphatic carbocycles. The largest absolute Gasteiger partial charge is 0.403 e. The predicted molar refractivity (Wildman–Crippen MR) is 81.5 cm³/mol. The van der Waals surface area contributed by atoms with E-state index in [9.17, 15) is 13.2 Å². The van der Waals surface area contributed by atoms with Crippen LogP contribution in [-0.2, 0) is 0 Å². The Morgan fingerprint density at radius 3 is 2.48 bits per heavy atom. The molecule has 3 rings (SSSR count). The molecule has 122 valence electrons. The van der Waals surface area contributed by atoms with Gasteiger partial charge in [-0.2, -0.15) is 4.39 Å². The first-order chi connectivity index (χ1) is 11.0. The van der Waals surface area contributed by atoms with Gasteiger partial charge in [-0.3, -0.25) is 0 Å². The molecular weight excluding hydrogens is 303 g/mol. The van der Waals surface area contributed by atoms with Gasteiger partial charge in [-0.05, 0) is 55.5 Å². The Balaban J connectivity index is 1.67. The molecule has 1 aliphatic rings. The number of halogens is 3. The zero-order chi connectivity index (χ0) is 16.4. The molecule has 2 atom stereocenters. The van der Waals surface area contributed by atoms with Crippen molar-refractivity contribution in [3.63, 3.8) is 0 Å². The fourth-order valence-corrected chi connectivity index (χ4v) is 3.00. The van der Waals surface area contributed by atoms with Gasteiger partial charge >= 0.3 is 0 Å². The number of piperidine rings is 1. The van der Waals surface area contributed by atoms with E-state index in [4.69, 9.17) is 4.84 Å². The SMILES string of the molecule is CC1CC(c2ccc(F)cc2)CCN1Oc1cccc(F)c1F. The molecule has 0 aromatic heterocycles. The van der Waals surface area contributed by atoms with Crippen molar-refractivity contribution in [2.75, 3.05) is 6.54 Å². The molecule has 1 saturated heterocycles. The fraction of sp³-hybridized carbons (Fsp3) is 0.333. The Labute approximate surface area is 133 Å². The van der Waals surface area contributed by atoms with E-state index in [1.165, 1.54) is 24.3 Å². The molecule has 23 heavy (non-hydrogen) atoms. The Morgan fingerprint density at radius 2 is 1.78 bits per heavy atom. The van der Waals surface area contributed by atoms with Crippen LogP contribution in [0, 0.1) is 17.5 Å². The zero-order valence-electron chi connectivity index (χ0n) is 12.8. The van der Waals surface area contributed by atoms with E-state index in [2.05, 4.69) is 0 Å². The lowest BCUT2D eigenvalue weighted by Crippen LogP contribution is -2.42. The Hall–Kier alpha value is -2.01. The van der Waals surface area contributed by atoms with Crippen LogP contribution in [0.4, 0.5) is 13.2 Å². The smallest absolute Gasteiger partial charge is 0.203 e. The monoisotopic (exact) mass is 321 g/mol. The van der Waals surface area contributed by atoms with Crippen LogP contribution in [0.25, 0.3) is 0 Å². The predicted octanol–water partition coefficient (Wildman–Crippen LogP) is 4.67. The maximum absolute atomic E-state index is 13.7. The van der Waals surface area contributed by atoms with E-state index in [1.54, 1.807) is 17.2 Å². The normalized spacial score (nSPS) is 22.1. The highest BCUT2D eigenvalue weighted by molar-refractivity contribution is 5.25. The van der Waals surface area contributed by atoms with Crippen LogP contribution in [0.3, 0.4) is 0 Å². The summed E-state index contributed by atoms with van der Waals surface area (Å²) < 4.78 is 40.0. The topological polar surface area (TPSA) is 12.5 Å². The maximum atomic E-state index is 13.7. The van der Waals surface area contributed by atoms with Gasteiger partial charge in [-0.1, -0.05) is 18.2 Å². The lowest BCUT2D eigenvalue weighted by atomic mass is 9.87. The van der Waals surface area contributed by atoms with E-state index < -0.39 is 11.6 Å². The minimum atomic E-state index is -0.972. The molecule has 5 heteroatoms. The molecule has 0 amide bonds. The highest BCUT2D eigenvalue weighted by Crippen LogP contribution is 2.32. The molecule has 1 aliphatic heterocycles. The summed E-state index contributed by atoms with van der Waals surface area (Å²) in [6, 6.07) is 10.5. The quantitative estimate of drug-likeness (QED) is 0.815. The highest BCUT2D eigenvalue weighted by atomic mass is 19.2. The molecule has 2 aromatic rings. The summed E-state index contributed by atoms with van der Waals surface area (Å²) in [7, 11) is 0. The van der Waals surface area contributed by atoms with Crippen LogP contribution < -0.4 is 4.84 Å². The molecule has 2 aromatic carbocycles. The molecule has 2 unspecified atom stereocenters. The van der Waals surface area contributed by atoms with Crippen LogP contribution in [-0.4, -0.2) is 17.6 Å². The molecule has 1 fully saturated rings. The molecular formula is C18H18F3NO. The van der Waals surface area contributed by atoms with Crippen LogP contribution in [0.2, 0.25) is 0 Å². The number of hydrogen-bond donors (Lipinski definition) is 0. The van der Waals surface area contributed by atoms with Gasteiger partial charge in [0.2, 0.25) is 5.82 Å². The van der Waals surface area contributed by atoms with Crippen molar-refractivity contribution >= 4 is 0 Å². The second kappa shape index (κ2) is 6.62. The number of hydrogen-bond acceptors (Lipinski definition) is 2. The van der Waals surface area contributed by atoms with Gasteiger partial charge in [0.05, 0.1) is 0 Å². The van der Waals surface area contributed by atoms with Crippen molar-refractivity contribution in [2.45, 2.75) is 31.7 Å². The van der Waals surface area contributed by atoms with Crippen LogP contribution in [0.1, 0.15) is 31.2 Å². The van der Waals surface area contributed by atoms with E-state index >= 15 is 0 Å². The minimum Gasteiger partial charge on any atom is -0.403 e. The number of rotatable bonds is 3. The van der Waals surface area contributed by atoms with Gasteiger partial charge in [0, 0.05) is 12.6 Å². The van der Waals surface area contributed by atoms with E-state index in [0.29, 0.717) is 12.5 Å². The van der Waals surface area contributed by atoms with Crippen molar-refractivity contribution in [1.82, 2.24) is 5.06 Å². The first-order valence-electron chi connectivity index (χ1n) is 7.68. The summed E-state index contributed by atoms with van der Waals surface area (Å²) in [6.07, 6.45) is 1.62. The summed E-state index contributed by atoms with van der Waals surface area (Å²) in [4.78, 5) is 5.54. The first kappa shape index (κ1) is 15.9. The average molecular weight is 321 g/mol. The number of benzene rings is 2. The van der Waals surface area contributed by atoms with Gasteiger partial charge < -0.3 is 4.84 Å². The lowest BCUT2D eigenvalue weighted by molar-refractivity contribution is -0.113. The summed E-state index contributed by atoms with van der Waals surface area (Å²) >= 11 is 0. The third-order valence-corrected chi connectivity index (χ3v) is 4.29. The molecule has 0 N–H and O–H groups in total. The van der Waals surface area contributed by atoms with E-state index in [-0.39, 0.29) is 17.6 Å². The number of hydroxylamine groups is 2. The molecule has 0 spiro atoms. The van der Waals surface area contributed by atoms with E-state index in [0.717, 1.165) is 24.5 Å². The standard InChI is InChI=1S/C18H18F3NO/c1-12-11-14(13-5-7-15(19)8-6-13)9-10-22(12)23-17-4-2-3-16(20)18(17)21/h2-8,12,14H,9-11H2,1H3. The van der Waals surface area contributed by atoms with Crippen molar-refractivity contribution in [3.05, 3.63) is 65.5 Å². The fourth-order valence-electron chi connectivity index (χ4n) is 3.00. The van der Waals surface area contributed by atoms with Gasteiger partial charge in [0.15, 0.2) is 11.6 Å². The molecule has 1 heterocycles. The summed E-state index contributed by atoms with van der Waals surface area (Å²) in [5.41, 5.74) is 1.09. The van der Waals surface area contributed by atoms with Gasteiger partial charge in [0.25, 0.3) is 0 Å². The van der Waals surface area contributed by atoms with Gasteiger partial charge in [0.1, 0.15) is 5.82 Å².